The molecule has 1 heterocycles. The molecule has 1 saturated heterocycles. The highest BCUT2D eigenvalue weighted by Crippen LogP contribution is 2.60. The van der Waals surface area contributed by atoms with Crippen molar-refractivity contribution in [3.63, 3.8) is 0 Å². The number of hydrogen-bond donors (Lipinski definition) is 1. The van der Waals surface area contributed by atoms with Gasteiger partial charge in [0.15, 0.2) is 0 Å². The Hall–Kier alpha value is -1.21. The van der Waals surface area contributed by atoms with E-state index < -0.39 is 6.04 Å². The zero-order valence-electron chi connectivity index (χ0n) is 17.7. The minimum absolute atomic E-state index is 0.146. The monoisotopic (exact) mass is 538 g/mol. The van der Waals surface area contributed by atoms with Gasteiger partial charge in [0.2, 0.25) is 17.7 Å². The normalized spacial score (nSPS) is 33.4. The average Bonchev–Trinajstić information content (AvgIpc) is 3.27. The van der Waals surface area contributed by atoms with Gasteiger partial charge in [0, 0.05) is 15.3 Å². The molecule has 162 valence electrons. The first-order valence-corrected chi connectivity index (χ1v) is 12.5. The van der Waals surface area contributed by atoms with Gasteiger partial charge in [-0.05, 0) is 56.1 Å². The van der Waals surface area contributed by atoms with E-state index in [4.69, 9.17) is 0 Å². The molecule has 7 atom stereocenters. The molecular weight excluding hydrogens is 512 g/mol. The van der Waals surface area contributed by atoms with Gasteiger partial charge in [-0.15, -0.1) is 0 Å². The Morgan fingerprint density at radius 3 is 2.17 bits per heavy atom. The fraction of sp³-hybridized carbons (Fsp3) is 0.609. The summed E-state index contributed by atoms with van der Waals surface area (Å²) in [5.41, 5.74) is 2.80. The molecule has 7 unspecified atom stereocenters. The second-order valence-electron chi connectivity index (χ2n) is 9.50. The molecule has 3 fully saturated rings. The Bertz CT molecular complexity index is 870. The number of aryl methyl sites for hydroxylation is 2. The standard InChI is InChI=1S/C23H28Br2N2O3/c1-10(2)7-16(21(28)26-15-6-5-11(3)8-12(15)4)27-22(29)17-13-9-14(18(17)23(27)30)20(25)19(13)24/h5-6,8,10,13-14,16-20H,7,9H2,1-4H3,(H,26,28). The Morgan fingerprint density at radius 2 is 1.67 bits per heavy atom. The number of carbonyl (C=O) groups is 3. The lowest BCUT2D eigenvalue weighted by Crippen LogP contribution is -2.49. The van der Waals surface area contributed by atoms with Crippen LogP contribution in [0.3, 0.4) is 0 Å². The number of alkyl halides is 2. The van der Waals surface area contributed by atoms with Gasteiger partial charge in [-0.1, -0.05) is 63.4 Å². The molecule has 2 aliphatic carbocycles. The minimum atomic E-state index is -0.779. The first kappa shape index (κ1) is 22.0. The predicted molar refractivity (Wildman–Crippen MR) is 124 cm³/mol. The van der Waals surface area contributed by atoms with E-state index in [-0.39, 0.29) is 57.0 Å². The molecule has 0 aromatic heterocycles. The molecule has 2 bridgehead atoms. The van der Waals surface area contributed by atoms with Crippen molar-refractivity contribution < 1.29 is 14.4 Å². The number of anilines is 1. The fourth-order valence-electron chi connectivity index (χ4n) is 5.63. The lowest BCUT2D eigenvalue weighted by molar-refractivity contribution is -0.147. The first-order valence-electron chi connectivity index (χ1n) is 10.6. The molecule has 5 nitrogen and oxygen atoms in total. The van der Waals surface area contributed by atoms with Gasteiger partial charge >= 0.3 is 0 Å². The van der Waals surface area contributed by atoms with Crippen LogP contribution in [0.2, 0.25) is 0 Å². The van der Waals surface area contributed by atoms with Gasteiger partial charge in [-0.2, -0.15) is 0 Å². The molecule has 4 rings (SSSR count). The van der Waals surface area contributed by atoms with Gasteiger partial charge in [0.1, 0.15) is 6.04 Å². The number of fused-ring (bicyclic) bond motifs is 5. The van der Waals surface area contributed by atoms with E-state index in [1.54, 1.807) is 0 Å². The number of carbonyl (C=O) groups excluding carboxylic acids is 3. The molecule has 1 aliphatic heterocycles. The average molecular weight is 540 g/mol. The summed E-state index contributed by atoms with van der Waals surface area (Å²) in [6.45, 7) is 7.97. The molecule has 1 N–H and O–H groups in total. The molecule has 30 heavy (non-hydrogen) atoms. The smallest absolute Gasteiger partial charge is 0.247 e. The second kappa shape index (κ2) is 8.05. The van der Waals surface area contributed by atoms with Crippen molar-refractivity contribution in [3.8, 4) is 0 Å². The third-order valence-electron chi connectivity index (χ3n) is 6.97. The van der Waals surface area contributed by atoms with Crippen molar-refractivity contribution in [3.05, 3.63) is 29.3 Å². The van der Waals surface area contributed by atoms with E-state index in [2.05, 4.69) is 37.2 Å². The zero-order valence-corrected chi connectivity index (χ0v) is 20.9. The van der Waals surface area contributed by atoms with E-state index in [1.165, 1.54) is 4.90 Å². The maximum atomic E-state index is 13.4. The van der Waals surface area contributed by atoms with Crippen molar-refractivity contribution in [2.75, 3.05) is 5.32 Å². The number of imide groups is 1. The van der Waals surface area contributed by atoms with Crippen LogP contribution in [0.25, 0.3) is 0 Å². The van der Waals surface area contributed by atoms with Crippen LogP contribution in [0.5, 0.6) is 0 Å². The van der Waals surface area contributed by atoms with E-state index >= 15 is 0 Å². The fourth-order valence-corrected chi connectivity index (χ4v) is 7.50. The van der Waals surface area contributed by atoms with Crippen LogP contribution in [-0.2, 0) is 14.4 Å². The minimum Gasteiger partial charge on any atom is -0.324 e. The van der Waals surface area contributed by atoms with Crippen LogP contribution in [0.4, 0.5) is 5.69 Å². The quantitative estimate of drug-likeness (QED) is 0.444. The summed E-state index contributed by atoms with van der Waals surface area (Å²) in [6, 6.07) is 5.05. The number of nitrogens with zero attached hydrogens (tertiary/aromatic N) is 1. The Balaban J connectivity index is 1.62. The number of likely N-dealkylation sites (tertiary alicyclic amines) is 1. The predicted octanol–water partition coefficient (Wildman–Crippen LogP) is 4.43. The molecule has 0 radical (unpaired) electrons. The van der Waals surface area contributed by atoms with Crippen LogP contribution in [0.1, 0.15) is 37.8 Å². The summed E-state index contributed by atoms with van der Waals surface area (Å²) < 4.78 is 0. The molecule has 2 saturated carbocycles. The Morgan fingerprint density at radius 1 is 1.10 bits per heavy atom. The number of rotatable bonds is 5. The Labute approximate surface area is 194 Å². The molecule has 3 amide bonds. The van der Waals surface area contributed by atoms with Gasteiger partial charge in [0.05, 0.1) is 11.8 Å². The Kier molecular flexibility index (Phi) is 5.90. The second-order valence-corrected chi connectivity index (χ2v) is 11.6. The lowest BCUT2D eigenvalue weighted by Gasteiger charge is -2.28. The summed E-state index contributed by atoms with van der Waals surface area (Å²) in [5, 5.41) is 2.98. The van der Waals surface area contributed by atoms with Crippen molar-refractivity contribution in [1.82, 2.24) is 4.90 Å². The third kappa shape index (κ3) is 3.46. The highest BCUT2D eigenvalue weighted by Gasteiger charge is 2.67. The zero-order chi connectivity index (χ0) is 21.9. The number of nitrogens with one attached hydrogen (secondary N) is 1. The van der Waals surface area contributed by atoms with Gasteiger partial charge < -0.3 is 5.32 Å². The van der Waals surface area contributed by atoms with Crippen molar-refractivity contribution in [1.29, 1.82) is 0 Å². The topological polar surface area (TPSA) is 66.5 Å². The number of hydrogen-bond acceptors (Lipinski definition) is 3. The molecule has 0 spiro atoms. The van der Waals surface area contributed by atoms with Crippen LogP contribution in [0.15, 0.2) is 18.2 Å². The number of halogens is 2. The SMILES string of the molecule is Cc1ccc(NC(=O)C(CC(C)C)N2C(=O)C3C4CC(C(Br)C4Br)C3C2=O)c(C)c1. The van der Waals surface area contributed by atoms with E-state index in [1.807, 2.05) is 45.9 Å². The summed E-state index contributed by atoms with van der Waals surface area (Å²) in [6.07, 6.45) is 1.34. The van der Waals surface area contributed by atoms with Crippen LogP contribution < -0.4 is 5.32 Å². The highest BCUT2D eigenvalue weighted by molar-refractivity contribution is 9.12. The largest absolute Gasteiger partial charge is 0.324 e. The summed E-state index contributed by atoms with van der Waals surface area (Å²) in [7, 11) is 0. The lowest BCUT2D eigenvalue weighted by atomic mass is 9.81. The van der Waals surface area contributed by atoms with E-state index in [0.717, 1.165) is 23.2 Å². The van der Waals surface area contributed by atoms with Crippen LogP contribution in [0, 0.1) is 43.4 Å². The molecule has 1 aromatic carbocycles. The van der Waals surface area contributed by atoms with Crippen LogP contribution >= 0.6 is 31.9 Å². The summed E-state index contributed by atoms with van der Waals surface area (Å²) in [4.78, 5) is 41.8. The van der Waals surface area contributed by atoms with Gasteiger partial charge in [-0.3, -0.25) is 19.3 Å². The van der Waals surface area contributed by atoms with Gasteiger partial charge in [-0.25, -0.2) is 0 Å². The van der Waals surface area contributed by atoms with Crippen molar-refractivity contribution >= 4 is 55.3 Å². The molecular formula is C23H28Br2N2O3. The summed E-state index contributed by atoms with van der Waals surface area (Å²) in [5.74, 6) is -0.749. The third-order valence-corrected chi connectivity index (χ3v) is 10.2. The van der Waals surface area contributed by atoms with Crippen LogP contribution in [-0.4, -0.2) is 38.3 Å². The maximum Gasteiger partial charge on any atom is 0.247 e. The van der Waals surface area contributed by atoms with E-state index in [9.17, 15) is 14.4 Å². The summed E-state index contributed by atoms with van der Waals surface area (Å²) >= 11 is 7.44. The van der Waals surface area contributed by atoms with Crippen molar-refractivity contribution in [2.24, 2.45) is 29.6 Å². The van der Waals surface area contributed by atoms with Crippen molar-refractivity contribution in [2.45, 2.75) is 56.2 Å². The molecule has 3 aliphatic rings. The van der Waals surface area contributed by atoms with Gasteiger partial charge in [0.25, 0.3) is 0 Å². The highest BCUT2D eigenvalue weighted by atomic mass is 79.9. The molecule has 7 heteroatoms. The first-order chi connectivity index (χ1) is 14.1. The molecule has 1 aromatic rings. The number of benzene rings is 1. The maximum absolute atomic E-state index is 13.4. The number of amides is 3. The van der Waals surface area contributed by atoms with E-state index in [0.29, 0.717) is 6.42 Å².